The van der Waals surface area contributed by atoms with Crippen LogP contribution in [0.15, 0.2) is 36.5 Å². The van der Waals surface area contributed by atoms with Crippen LogP contribution in [0.4, 0.5) is 4.39 Å². The zero-order chi connectivity index (χ0) is 15.7. The highest BCUT2D eigenvalue weighted by Gasteiger charge is 2.30. The van der Waals surface area contributed by atoms with Gasteiger partial charge in [-0.25, -0.2) is 9.37 Å². The van der Waals surface area contributed by atoms with E-state index in [1.165, 1.54) is 18.7 Å². The number of carbonyl (C=O) groups is 1. The number of hydrogen-bond acceptors (Lipinski definition) is 3. The molecule has 1 aliphatic carbocycles. The molecule has 0 spiro atoms. The largest absolute Gasteiger partial charge is 0.480 e. The Balaban J connectivity index is 1.92. The third-order valence-electron chi connectivity index (χ3n) is 4.13. The average Bonchev–Trinajstić information content (AvgIpc) is 2.97. The summed E-state index contributed by atoms with van der Waals surface area (Å²) in [6, 6.07) is 9.26. The lowest BCUT2D eigenvalue weighted by molar-refractivity contribution is 0.0725. The van der Waals surface area contributed by atoms with Gasteiger partial charge in [0.25, 0.3) is 5.91 Å². The number of aryl methyl sites for hydroxylation is 1. The fourth-order valence-electron chi connectivity index (χ4n) is 3.01. The van der Waals surface area contributed by atoms with Crippen molar-refractivity contribution in [3.63, 3.8) is 0 Å². The highest BCUT2D eigenvalue weighted by atomic mass is 19.1. The molecule has 0 radical (unpaired) electrons. The fourth-order valence-corrected chi connectivity index (χ4v) is 3.01. The first-order valence-electron chi connectivity index (χ1n) is 7.16. The molecule has 1 aromatic heterocycles. The number of pyridine rings is 1. The average molecular weight is 300 g/mol. The van der Waals surface area contributed by atoms with E-state index in [1.54, 1.807) is 11.9 Å². The lowest BCUT2D eigenvalue weighted by Crippen LogP contribution is -2.30. The Bertz CT molecular complexity index is 718. The van der Waals surface area contributed by atoms with Crippen LogP contribution in [0.3, 0.4) is 0 Å². The Morgan fingerprint density at radius 3 is 2.95 bits per heavy atom. The molecule has 1 atom stereocenters. The van der Waals surface area contributed by atoms with E-state index < -0.39 is 5.82 Å². The number of carbonyl (C=O) groups excluding carboxylic acids is 1. The molecule has 1 amide bonds. The van der Waals surface area contributed by atoms with Crippen LogP contribution in [0, 0.1) is 5.82 Å². The number of rotatable bonds is 3. The molecular weight excluding hydrogens is 283 g/mol. The van der Waals surface area contributed by atoms with Gasteiger partial charge < -0.3 is 9.64 Å². The van der Waals surface area contributed by atoms with Crippen LogP contribution in [-0.4, -0.2) is 29.9 Å². The summed E-state index contributed by atoms with van der Waals surface area (Å²) in [5.74, 6) is -0.695. The van der Waals surface area contributed by atoms with Crippen LogP contribution in [0.2, 0.25) is 0 Å². The quantitative estimate of drug-likeness (QED) is 0.875. The van der Waals surface area contributed by atoms with Crippen LogP contribution >= 0.6 is 0 Å². The van der Waals surface area contributed by atoms with Crippen LogP contribution in [-0.2, 0) is 6.42 Å². The van der Waals surface area contributed by atoms with Gasteiger partial charge in [0.2, 0.25) is 5.88 Å². The maximum absolute atomic E-state index is 13.4. The summed E-state index contributed by atoms with van der Waals surface area (Å²) in [5.41, 5.74) is 2.56. The monoisotopic (exact) mass is 300 g/mol. The van der Waals surface area contributed by atoms with Crippen molar-refractivity contribution in [2.45, 2.75) is 18.9 Å². The smallest absolute Gasteiger partial charge is 0.259 e. The van der Waals surface area contributed by atoms with Gasteiger partial charge in [0.05, 0.1) is 19.3 Å². The fraction of sp³-hybridized carbons (Fsp3) is 0.294. The van der Waals surface area contributed by atoms with E-state index in [4.69, 9.17) is 4.74 Å². The summed E-state index contributed by atoms with van der Waals surface area (Å²) in [6.07, 6.45) is 2.85. The molecule has 1 aromatic carbocycles. The van der Waals surface area contributed by atoms with E-state index in [9.17, 15) is 9.18 Å². The highest BCUT2D eigenvalue weighted by Crippen LogP contribution is 2.36. The molecule has 22 heavy (non-hydrogen) atoms. The number of nitrogens with zero attached hydrogens (tertiary/aromatic N) is 2. The maximum atomic E-state index is 13.4. The van der Waals surface area contributed by atoms with E-state index >= 15 is 0 Å². The molecule has 2 aromatic rings. The number of fused-ring (bicyclic) bond motifs is 1. The van der Waals surface area contributed by atoms with Gasteiger partial charge in [-0.15, -0.1) is 0 Å². The maximum Gasteiger partial charge on any atom is 0.259 e. The minimum Gasteiger partial charge on any atom is -0.480 e. The second-order valence-corrected chi connectivity index (χ2v) is 5.38. The number of benzene rings is 1. The summed E-state index contributed by atoms with van der Waals surface area (Å²) in [6.45, 7) is 0. The highest BCUT2D eigenvalue weighted by molar-refractivity contribution is 5.96. The topological polar surface area (TPSA) is 42.4 Å². The van der Waals surface area contributed by atoms with E-state index in [2.05, 4.69) is 11.1 Å². The number of ether oxygens (including phenoxy) is 1. The number of halogens is 1. The number of amides is 1. The third kappa shape index (κ3) is 2.43. The van der Waals surface area contributed by atoms with Crippen LogP contribution in [0.1, 0.15) is 33.9 Å². The van der Waals surface area contributed by atoms with Gasteiger partial charge in [-0.05, 0) is 30.0 Å². The SMILES string of the molecule is COc1ncc(F)cc1C(=O)N(C)[C@@H]1CCc2ccccc21. The van der Waals surface area contributed by atoms with Gasteiger partial charge >= 0.3 is 0 Å². The summed E-state index contributed by atoms with van der Waals surface area (Å²) >= 11 is 0. The van der Waals surface area contributed by atoms with Crippen molar-refractivity contribution in [1.82, 2.24) is 9.88 Å². The standard InChI is InChI=1S/C17H17FN2O2/c1-20(15-8-7-11-5-3-4-6-13(11)15)17(21)14-9-12(18)10-19-16(14)22-2/h3-6,9-10,15H,7-8H2,1-2H3/t15-/m1/s1. The van der Waals surface area contributed by atoms with Gasteiger partial charge in [-0.3, -0.25) is 4.79 Å². The van der Waals surface area contributed by atoms with Crippen molar-refractivity contribution in [1.29, 1.82) is 0 Å². The number of methoxy groups -OCH3 is 1. The minimum absolute atomic E-state index is 0.00308. The van der Waals surface area contributed by atoms with E-state index in [0.29, 0.717) is 0 Å². The first-order valence-corrected chi connectivity index (χ1v) is 7.16. The second-order valence-electron chi connectivity index (χ2n) is 5.38. The Hall–Kier alpha value is -2.43. The van der Waals surface area contributed by atoms with Crippen LogP contribution < -0.4 is 4.74 Å². The summed E-state index contributed by atoms with van der Waals surface area (Å²) < 4.78 is 18.5. The summed E-state index contributed by atoms with van der Waals surface area (Å²) in [4.78, 5) is 18.2. The lowest BCUT2D eigenvalue weighted by atomic mass is 10.1. The van der Waals surface area contributed by atoms with E-state index in [1.807, 2.05) is 18.2 Å². The van der Waals surface area contributed by atoms with Gasteiger partial charge in [0, 0.05) is 7.05 Å². The molecule has 114 valence electrons. The van der Waals surface area contributed by atoms with E-state index in [-0.39, 0.29) is 23.4 Å². The van der Waals surface area contributed by atoms with Crippen molar-refractivity contribution in [3.8, 4) is 5.88 Å². The van der Waals surface area contributed by atoms with Gasteiger partial charge in [0.15, 0.2) is 0 Å². The molecule has 0 aliphatic heterocycles. The Kier molecular flexibility index (Phi) is 3.79. The van der Waals surface area contributed by atoms with Crippen molar-refractivity contribution < 1.29 is 13.9 Å². The van der Waals surface area contributed by atoms with Crippen molar-refractivity contribution in [2.75, 3.05) is 14.2 Å². The molecule has 0 fully saturated rings. The number of aromatic nitrogens is 1. The Morgan fingerprint density at radius 2 is 2.18 bits per heavy atom. The molecule has 0 saturated heterocycles. The van der Waals surface area contributed by atoms with E-state index in [0.717, 1.165) is 24.6 Å². The Labute approximate surface area is 128 Å². The normalized spacial score (nSPS) is 16.2. The molecule has 0 bridgehead atoms. The zero-order valence-corrected chi connectivity index (χ0v) is 12.5. The first-order chi connectivity index (χ1) is 10.6. The summed E-state index contributed by atoms with van der Waals surface area (Å²) in [7, 11) is 3.15. The molecule has 5 heteroatoms. The number of hydrogen-bond donors (Lipinski definition) is 0. The van der Waals surface area contributed by atoms with Crippen LogP contribution in [0.5, 0.6) is 5.88 Å². The summed E-state index contributed by atoms with van der Waals surface area (Å²) in [5, 5.41) is 0. The second kappa shape index (κ2) is 5.75. The molecule has 3 rings (SSSR count). The molecular formula is C17H17FN2O2. The van der Waals surface area contributed by atoms with Gasteiger partial charge in [-0.1, -0.05) is 24.3 Å². The van der Waals surface area contributed by atoms with Gasteiger partial charge in [0.1, 0.15) is 11.4 Å². The predicted molar refractivity (Wildman–Crippen MR) is 80.3 cm³/mol. The molecule has 0 saturated carbocycles. The van der Waals surface area contributed by atoms with Crippen LogP contribution in [0.25, 0.3) is 0 Å². The first kappa shape index (κ1) is 14.5. The Morgan fingerprint density at radius 1 is 1.41 bits per heavy atom. The molecule has 0 unspecified atom stereocenters. The van der Waals surface area contributed by atoms with Crippen molar-refractivity contribution >= 4 is 5.91 Å². The third-order valence-corrected chi connectivity index (χ3v) is 4.13. The predicted octanol–water partition coefficient (Wildman–Crippen LogP) is 2.99. The lowest BCUT2D eigenvalue weighted by Gasteiger charge is -2.26. The molecule has 4 nitrogen and oxygen atoms in total. The minimum atomic E-state index is -0.552. The molecule has 0 N–H and O–H groups in total. The molecule has 1 aliphatic rings. The van der Waals surface area contributed by atoms with Gasteiger partial charge in [-0.2, -0.15) is 0 Å². The van der Waals surface area contributed by atoms with Crippen molar-refractivity contribution in [2.24, 2.45) is 0 Å². The molecule has 1 heterocycles. The van der Waals surface area contributed by atoms with Crippen molar-refractivity contribution in [3.05, 3.63) is 59.0 Å². The zero-order valence-electron chi connectivity index (χ0n) is 12.5.